The lowest BCUT2D eigenvalue weighted by Crippen LogP contribution is -2.30. The first-order valence-electron chi connectivity index (χ1n) is 10.8. The van der Waals surface area contributed by atoms with Crippen LogP contribution in [0.25, 0.3) is 6.08 Å². The van der Waals surface area contributed by atoms with Crippen molar-refractivity contribution >= 4 is 27.7 Å². The lowest BCUT2D eigenvalue weighted by atomic mass is 10.2. The van der Waals surface area contributed by atoms with Crippen molar-refractivity contribution in [3.05, 3.63) is 48.0 Å². The van der Waals surface area contributed by atoms with Crippen molar-refractivity contribution in [2.75, 3.05) is 39.2 Å². The summed E-state index contributed by atoms with van der Waals surface area (Å²) in [5, 5.41) is 2.70. The topological polar surface area (TPSA) is 94.2 Å². The Morgan fingerprint density at radius 3 is 2.24 bits per heavy atom. The molecule has 2 aromatic carbocycles. The maximum atomic E-state index is 12.8. The Kier molecular flexibility index (Phi) is 9.74. The van der Waals surface area contributed by atoms with Gasteiger partial charge in [-0.3, -0.25) is 4.79 Å². The first kappa shape index (κ1) is 26.2. The zero-order valence-corrected chi connectivity index (χ0v) is 20.6. The summed E-state index contributed by atoms with van der Waals surface area (Å²) in [4.78, 5) is 12.6. The van der Waals surface area contributed by atoms with Gasteiger partial charge in [-0.2, -0.15) is 4.31 Å². The molecule has 2 aromatic rings. The molecule has 0 spiro atoms. The third-order valence-corrected chi connectivity index (χ3v) is 6.89. The first-order valence-corrected chi connectivity index (χ1v) is 12.2. The summed E-state index contributed by atoms with van der Waals surface area (Å²) < 4.78 is 43.3. The van der Waals surface area contributed by atoms with Crippen molar-refractivity contribution < 1.29 is 27.4 Å². The molecule has 0 atom stereocenters. The van der Waals surface area contributed by atoms with Crippen LogP contribution in [0, 0.1) is 0 Å². The van der Waals surface area contributed by atoms with E-state index in [2.05, 4.69) is 5.32 Å². The van der Waals surface area contributed by atoms with Gasteiger partial charge in [-0.1, -0.05) is 26.8 Å². The Hall–Kier alpha value is -3.04. The molecule has 2 rings (SSSR count). The van der Waals surface area contributed by atoms with E-state index >= 15 is 0 Å². The largest absolute Gasteiger partial charge is 0.495 e. The number of hydrogen-bond donors (Lipinski definition) is 1. The smallest absolute Gasteiger partial charge is 0.248 e. The molecule has 180 valence electrons. The van der Waals surface area contributed by atoms with Crippen LogP contribution in [0.5, 0.6) is 17.2 Å². The Morgan fingerprint density at radius 2 is 1.64 bits per heavy atom. The molecule has 33 heavy (non-hydrogen) atoms. The monoisotopic (exact) mass is 476 g/mol. The molecule has 9 heteroatoms. The number of amides is 1. The summed E-state index contributed by atoms with van der Waals surface area (Å²) in [6.45, 7) is 6.85. The van der Waals surface area contributed by atoms with Crippen molar-refractivity contribution in [2.24, 2.45) is 0 Å². The number of nitrogens with one attached hydrogen (secondary N) is 1. The van der Waals surface area contributed by atoms with Gasteiger partial charge in [0, 0.05) is 19.2 Å². The van der Waals surface area contributed by atoms with Gasteiger partial charge in [-0.15, -0.1) is 0 Å². The van der Waals surface area contributed by atoms with Crippen LogP contribution in [0.3, 0.4) is 0 Å². The normalized spacial score (nSPS) is 11.6. The highest BCUT2D eigenvalue weighted by atomic mass is 32.2. The lowest BCUT2D eigenvalue weighted by molar-refractivity contribution is -0.111. The number of nitrogens with zero attached hydrogens (tertiary/aromatic N) is 1. The molecular formula is C24H32N2O6S. The fraction of sp³-hybridized carbons (Fsp3) is 0.375. The fourth-order valence-corrected chi connectivity index (χ4v) is 4.61. The van der Waals surface area contributed by atoms with Gasteiger partial charge in [0.25, 0.3) is 0 Å². The van der Waals surface area contributed by atoms with E-state index in [0.29, 0.717) is 36.9 Å². The van der Waals surface area contributed by atoms with Gasteiger partial charge in [-0.05, 0) is 48.4 Å². The summed E-state index contributed by atoms with van der Waals surface area (Å²) in [5.74, 6) is 1.13. The number of methoxy groups -OCH3 is 2. The van der Waals surface area contributed by atoms with Crippen LogP contribution in [0.2, 0.25) is 0 Å². The molecule has 1 N–H and O–H groups in total. The second kappa shape index (κ2) is 12.3. The van der Waals surface area contributed by atoms with E-state index in [9.17, 15) is 13.2 Å². The predicted molar refractivity (Wildman–Crippen MR) is 130 cm³/mol. The van der Waals surface area contributed by atoms with Crippen LogP contribution in [0.4, 0.5) is 5.69 Å². The molecule has 0 aliphatic heterocycles. The fourth-order valence-electron chi connectivity index (χ4n) is 3.12. The van der Waals surface area contributed by atoms with Gasteiger partial charge in [0.05, 0.1) is 31.4 Å². The van der Waals surface area contributed by atoms with E-state index in [1.54, 1.807) is 39.2 Å². The first-order chi connectivity index (χ1) is 15.8. The van der Waals surface area contributed by atoms with Crippen molar-refractivity contribution in [3.63, 3.8) is 0 Å². The van der Waals surface area contributed by atoms with Gasteiger partial charge >= 0.3 is 0 Å². The SMILES string of the molecule is CCCOc1ccc(/C=C/C(=O)Nc2cc(S(=O)(=O)N(CC)CC)ccc2OC)cc1OC. The number of sulfonamides is 1. The number of hydrogen-bond acceptors (Lipinski definition) is 6. The van der Waals surface area contributed by atoms with Crippen LogP contribution >= 0.6 is 0 Å². The van der Waals surface area contributed by atoms with Crippen LogP contribution in [-0.4, -0.2) is 52.5 Å². The lowest BCUT2D eigenvalue weighted by Gasteiger charge is -2.19. The maximum Gasteiger partial charge on any atom is 0.248 e. The van der Waals surface area contributed by atoms with E-state index < -0.39 is 15.9 Å². The summed E-state index contributed by atoms with van der Waals surface area (Å²) in [5.41, 5.74) is 1.01. The van der Waals surface area contributed by atoms with E-state index in [4.69, 9.17) is 14.2 Å². The van der Waals surface area contributed by atoms with Crippen LogP contribution in [0.1, 0.15) is 32.8 Å². The number of carbonyl (C=O) groups excluding carboxylic acids is 1. The summed E-state index contributed by atoms with van der Waals surface area (Å²) in [6.07, 6.45) is 3.86. The van der Waals surface area contributed by atoms with Gasteiger partial charge in [-0.25, -0.2) is 8.42 Å². The maximum absolute atomic E-state index is 12.8. The van der Waals surface area contributed by atoms with Gasteiger partial charge in [0.2, 0.25) is 15.9 Å². The third-order valence-electron chi connectivity index (χ3n) is 4.85. The molecule has 0 aromatic heterocycles. The van der Waals surface area contributed by atoms with Crippen molar-refractivity contribution in [1.82, 2.24) is 4.31 Å². The van der Waals surface area contributed by atoms with Crippen molar-refractivity contribution in [3.8, 4) is 17.2 Å². The van der Waals surface area contributed by atoms with Gasteiger partial charge in [0.15, 0.2) is 11.5 Å². The van der Waals surface area contributed by atoms with E-state index in [-0.39, 0.29) is 10.6 Å². The number of anilines is 1. The highest BCUT2D eigenvalue weighted by molar-refractivity contribution is 7.89. The molecular weight excluding hydrogens is 444 g/mol. The second-order valence-electron chi connectivity index (χ2n) is 7.03. The summed E-state index contributed by atoms with van der Waals surface area (Å²) in [6, 6.07) is 9.77. The minimum atomic E-state index is -3.68. The number of carbonyl (C=O) groups is 1. The third kappa shape index (κ3) is 6.72. The number of benzene rings is 2. The average Bonchev–Trinajstić information content (AvgIpc) is 2.82. The summed E-state index contributed by atoms with van der Waals surface area (Å²) >= 11 is 0. The second-order valence-corrected chi connectivity index (χ2v) is 8.97. The van der Waals surface area contributed by atoms with E-state index in [0.717, 1.165) is 12.0 Å². The highest BCUT2D eigenvalue weighted by Gasteiger charge is 2.23. The molecule has 0 radical (unpaired) electrons. The molecule has 1 amide bonds. The molecule has 0 unspecified atom stereocenters. The molecule has 0 aliphatic carbocycles. The zero-order chi connectivity index (χ0) is 24.4. The highest BCUT2D eigenvalue weighted by Crippen LogP contribution is 2.30. The Morgan fingerprint density at radius 1 is 0.970 bits per heavy atom. The zero-order valence-electron chi connectivity index (χ0n) is 19.8. The van der Waals surface area contributed by atoms with E-state index in [1.165, 1.54) is 35.7 Å². The molecule has 0 bridgehead atoms. The number of rotatable bonds is 12. The van der Waals surface area contributed by atoms with Crippen LogP contribution in [-0.2, 0) is 14.8 Å². The molecule has 8 nitrogen and oxygen atoms in total. The number of ether oxygens (including phenoxy) is 3. The van der Waals surface area contributed by atoms with Crippen molar-refractivity contribution in [2.45, 2.75) is 32.1 Å². The average molecular weight is 477 g/mol. The quantitative estimate of drug-likeness (QED) is 0.462. The minimum absolute atomic E-state index is 0.0821. The molecule has 0 saturated carbocycles. The van der Waals surface area contributed by atoms with E-state index in [1.807, 2.05) is 13.0 Å². The van der Waals surface area contributed by atoms with Crippen molar-refractivity contribution in [1.29, 1.82) is 0 Å². The molecule has 0 saturated heterocycles. The minimum Gasteiger partial charge on any atom is -0.495 e. The van der Waals surface area contributed by atoms with Crippen LogP contribution < -0.4 is 19.5 Å². The van der Waals surface area contributed by atoms with Crippen LogP contribution in [0.15, 0.2) is 47.4 Å². The molecule has 0 fully saturated rings. The predicted octanol–water partition coefficient (Wildman–Crippen LogP) is 4.18. The Balaban J connectivity index is 2.23. The van der Waals surface area contributed by atoms with Gasteiger partial charge < -0.3 is 19.5 Å². The standard InChI is InChI=1S/C24H32N2O6S/c1-6-15-32-22-12-9-18(16-23(22)31-5)10-14-24(27)25-20-17-19(11-13-21(20)30-4)33(28,29)26(7-2)8-3/h9-14,16-17H,6-8,15H2,1-5H3,(H,25,27)/b14-10+. The Labute approximate surface area is 196 Å². The molecule has 0 heterocycles. The Bertz CT molecular complexity index is 1080. The molecule has 0 aliphatic rings. The van der Waals surface area contributed by atoms with Gasteiger partial charge in [0.1, 0.15) is 5.75 Å². The summed E-state index contributed by atoms with van der Waals surface area (Å²) in [7, 11) is -0.668.